The van der Waals surface area contributed by atoms with E-state index in [1.165, 1.54) is 14.2 Å². The minimum Gasteiger partial charge on any atom is -0.491 e. The van der Waals surface area contributed by atoms with Crippen LogP contribution in [0.4, 0.5) is 0 Å². The summed E-state index contributed by atoms with van der Waals surface area (Å²) in [4.78, 5) is 25.1. The molecule has 7 nitrogen and oxygen atoms in total. The quantitative estimate of drug-likeness (QED) is 0.362. The molecule has 0 aromatic heterocycles. The lowest BCUT2D eigenvalue weighted by Gasteiger charge is -2.18. The molecule has 2 aromatic rings. The van der Waals surface area contributed by atoms with Crippen LogP contribution in [0.3, 0.4) is 0 Å². The molecule has 0 bridgehead atoms. The van der Waals surface area contributed by atoms with Gasteiger partial charge in [-0.3, -0.25) is 0 Å². The molecule has 0 amide bonds. The Labute approximate surface area is 195 Å². The number of para-hydroxylation sites is 2. The van der Waals surface area contributed by atoms with Crippen LogP contribution >= 0.6 is 11.6 Å². The molecule has 32 heavy (non-hydrogen) atoms. The fraction of sp³-hybridized carbons (Fsp3) is 0.417. The monoisotopic (exact) mass is 465 g/mol. The van der Waals surface area contributed by atoms with Crippen LogP contribution in [0.2, 0.25) is 0 Å². The number of ether oxygens (including phenoxy) is 4. The molecule has 0 spiro atoms. The highest BCUT2D eigenvalue weighted by Crippen LogP contribution is 2.19. The van der Waals surface area contributed by atoms with Crippen LogP contribution in [0.25, 0.3) is 0 Å². The molecule has 0 radical (unpaired) electrons. The Hall–Kier alpha value is -2.77. The van der Waals surface area contributed by atoms with Crippen molar-refractivity contribution in [2.45, 2.75) is 13.8 Å². The third-order valence-electron chi connectivity index (χ3n) is 4.48. The minimum atomic E-state index is -0.407. The number of carbonyl (C=O) groups is 2. The molecule has 0 heterocycles. The van der Waals surface area contributed by atoms with E-state index in [1.807, 2.05) is 6.07 Å². The van der Waals surface area contributed by atoms with Crippen molar-refractivity contribution in [2.24, 2.45) is 0 Å². The van der Waals surface area contributed by atoms with Gasteiger partial charge in [-0.25, -0.2) is 9.59 Å². The Morgan fingerprint density at radius 1 is 0.781 bits per heavy atom. The van der Waals surface area contributed by atoms with Gasteiger partial charge in [-0.15, -0.1) is 11.6 Å². The summed E-state index contributed by atoms with van der Waals surface area (Å²) in [6, 6.07) is 14.0. The van der Waals surface area contributed by atoms with Crippen LogP contribution in [0.1, 0.15) is 34.6 Å². The van der Waals surface area contributed by atoms with Gasteiger partial charge >= 0.3 is 11.9 Å². The van der Waals surface area contributed by atoms with Crippen LogP contribution in [0.5, 0.6) is 11.5 Å². The second-order valence-electron chi connectivity index (χ2n) is 6.39. The minimum absolute atomic E-state index is 0.367. The van der Waals surface area contributed by atoms with Crippen molar-refractivity contribution in [1.82, 2.24) is 4.90 Å². The molecular weight excluding hydrogens is 434 g/mol. The lowest BCUT2D eigenvalue weighted by molar-refractivity contribution is 0.0586. The van der Waals surface area contributed by atoms with Crippen molar-refractivity contribution in [3.8, 4) is 11.5 Å². The van der Waals surface area contributed by atoms with Crippen LogP contribution in [-0.2, 0) is 9.47 Å². The number of esters is 2. The fourth-order valence-corrected chi connectivity index (χ4v) is 2.79. The van der Waals surface area contributed by atoms with E-state index in [9.17, 15) is 9.59 Å². The first-order valence-corrected chi connectivity index (χ1v) is 10.9. The SMILES string of the molecule is CCN(CC)CCOc1ccccc1C(=O)OC.COC(=O)c1ccccc1OCCCl. The standard InChI is InChI=1S/C14H21NO3.C10H11ClO3/c1-4-15(5-2)10-11-18-13-9-7-6-8-12(13)14(16)17-3;1-13-10(12)8-4-2-3-5-9(8)14-7-6-11/h6-9H,4-5,10-11H2,1-3H3;2-5H,6-7H2,1H3. The summed E-state index contributed by atoms with van der Waals surface area (Å²) < 4.78 is 20.3. The maximum absolute atomic E-state index is 11.5. The first kappa shape index (κ1) is 27.3. The Kier molecular flexibility index (Phi) is 13.6. The third kappa shape index (κ3) is 9.16. The Morgan fingerprint density at radius 2 is 1.22 bits per heavy atom. The van der Waals surface area contributed by atoms with Crippen molar-refractivity contribution in [3.63, 3.8) is 0 Å². The summed E-state index contributed by atoms with van der Waals surface area (Å²) in [5.41, 5.74) is 0.889. The van der Waals surface area contributed by atoms with E-state index < -0.39 is 5.97 Å². The molecule has 0 aliphatic rings. The molecule has 0 N–H and O–H groups in total. The number of alkyl halides is 1. The molecule has 176 valence electrons. The van der Waals surface area contributed by atoms with Crippen molar-refractivity contribution in [2.75, 3.05) is 52.9 Å². The summed E-state index contributed by atoms with van der Waals surface area (Å²) >= 11 is 5.48. The predicted molar refractivity (Wildman–Crippen MR) is 125 cm³/mol. The van der Waals surface area contributed by atoms with Gasteiger partial charge in [0.1, 0.15) is 35.8 Å². The van der Waals surface area contributed by atoms with Gasteiger partial charge < -0.3 is 23.8 Å². The number of hydrogen-bond acceptors (Lipinski definition) is 7. The van der Waals surface area contributed by atoms with Crippen LogP contribution in [0.15, 0.2) is 48.5 Å². The Balaban J connectivity index is 0.000000330. The molecule has 0 aliphatic carbocycles. The molecule has 0 saturated heterocycles. The predicted octanol–water partition coefficient (Wildman–Crippen LogP) is 4.28. The van der Waals surface area contributed by atoms with Gasteiger partial charge in [0.25, 0.3) is 0 Å². The molecule has 0 fully saturated rings. The average molecular weight is 466 g/mol. The summed E-state index contributed by atoms with van der Waals surface area (Å²) in [6.07, 6.45) is 0. The number of hydrogen-bond donors (Lipinski definition) is 0. The second kappa shape index (κ2) is 15.9. The smallest absolute Gasteiger partial charge is 0.341 e. The summed E-state index contributed by atoms with van der Waals surface area (Å²) in [5, 5.41) is 0. The van der Waals surface area contributed by atoms with E-state index in [1.54, 1.807) is 42.5 Å². The lowest BCUT2D eigenvalue weighted by Crippen LogP contribution is -2.28. The molecular formula is C24H32ClNO6. The van der Waals surface area contributed by atoms with E-state index in [0.717, 1.165) is 19.6 Å². The highest BCUT2D eigenvalue weighted by molar-refractivity contribution is 6.18. The second-order valence-corrected chi connectivity index (χ2v) is 6.77. The summed E-state index contributed by atoms with van der Waals surface area (Å²) in [5.74, 6) is 0.690. The normalized spacial score (nSPS) is 10.1. The van der Waals surface area contributed by atoms with Crippen molar-refractivity contribution in [3.05, 3.63) is 59.7 Å². The van der Waals surface area contributed by atoms with Crippen molar-refractivity contribution < 1.29 is 28.5 Å². The van der Waals surface area contributed by atoms with E-state index in [2.05, 4.69) is 23.5 Å². The molecule has 2 aromatic carbocycles. The molecule has 8 heteroatoms. The third-order valence-corrected chi connectivity index (χ3v) is 4.63. The summed E-state index contributed by atoms with van der Waals surface area (Å²) in [7, 11) is 2.70. The van der Waals surface area contributed by atoms with E-state index >= 15 is 0 Å². The number of halogens is 1. The van der Waals surface area contributed by atoms with Crippen molar-refractivity contribution in [1.29, 1.82) is 0 Å². The number of benzene rings is 2. The number of nitrogens with zero attached hydrogens (tertiary/aromatic N) is 1. The molecule has 0 saturated carbocycles. The highest BCUT2D eigenvalue weighted by Gasteiger charge is 2.12. The lowest BCUT2D eigenvalue weighted by atomic mass is 10.2. The maximum atomic E-state index is 11.5. The molecule has 0 atom stereocenters. The van der Waals surface area contributed by atoms with Gasteiger partial charge in [0.15, 0.2) is 0 Å². The van der Waals surface area contributed by atoms with E-state index in [0.29, 0.717) is 41.7 Å². The Morgan fingerprint density at radius 3 is 1.62 bits per heavy atom. The molecule has 2 rings (SSSR count). The average Bonchev–Trinajstić information content (AvgIpc) is 2.85. The van der Waals surface area contributed by atoms with E-state index in [4.69, 9.17) is 25.8 Å². The molecule has 0 unspecified atom stereocenters. The number of rotatable bonds is 11. The summed E-state index contributed by atoms with van der Waals surface area (Å²) in [6.45, 7) is 8.02. The van der Waals surface area contributed by atoms with Gasteiger partial charge in [0.05, 0.1) is 20.1 Å². The zero-order chi connectivity index (χ0) is 23.8. The maximum Gasteiger partial charge on any atom is 0.341 e. The topological polar surface area (TPSA) is 74.3 Å². The Bertz CT molecular complexity index is 826. The fourth-order valence-electron chi connectivity index (χ4n) is 2.72. The van der Waals surface area contributed by atoms with Crippen LogP contribution in [-0.4, -0.2) is 69.8 Å². The van der Waals surface area contributed by atoms with Gasteiger partial charge in [0.2, 0.25) is 0 Å². The van der Waals surface area contributed by atoms with Gasteiger partial charge in [-0.1, -0.05) is 38.1 Å². The van der Waals surface area contributed by atoms with Gasteiger partial charge in [-0.05, 0) is 37.4 Å². The number of likely N-dealkylation sites (N-methyl/N-ethyl adjacent to an activating group) is 1. The number of carbonyl (C=O) groups excluding carboxylic acids is 2. The zero-order valence-electron chi connectivity index (χ0n) is 19.1. The van der Waals surface area contributed by atoms with E-state index in [-0.39, 0.29) is 5.97 Å². The highest BCUT2D eigenvalue weighted by atomic mass is 35.5. The van der Waals surface area contributed by atoms with Crippen LogP contribution in [0, 0.1) is 0 Å². The first-order chi connectivity index (χ1) is 15.5. The first-order valence-electron chi connectivity index (χ1n) is 10.4. The van der Waals surface area contributed by atoms with Crippen molar-refractivity contribution >= 4 is 23.5 Å². The van der Waals surface area contributed by atoms with Gasteiger partial charge in [0, 0.05) is 6.54 Å². The van der Waals surface area contributed by atoms with Gasteiger partial charge in [-0.2, -0.15) is 0 Å². The molecule has 0 aliphatic heterocycles. The van der Waals surface area contributed by atoms with Crippen LogP contribution < -0.4 is 9.47 Å². The number of methoxy groups -OCH3 is 2. The largest absolute Gasteiger partial charge is 0.491 e. The zero-order valence-corrected chi connectivity index (χ0v) is 19.9.